The molecule has 0 saturated heterocycles. The molecule has 0 aliphatic carbocycles. The van der Waals surface area contributed by atoms with Gasteiger partial charge in [0.15, 0.2) is 5.78 Å². The standard InChI is InChI=1S/C19H15F17O4S2/c1-9(37)11-7-5-4-6-10(11)8-41(2,3)40-42(38,39)19(35,36)17(30,31)15(26,27)13(22,23)12(20,21)14(24,25)16(28,29)18(32,33)34/h4-7H,8H2,1-3H3. The molecule has 23 heteroatoms. The Balaban J connectivity index is 3.65. The summed E-state index contributed by atoms with van der Waals surface area (Å²) in [7, 11) is -11.5. The van der Waals surface area contributed by atoms with Crippen molar-refractivity contribution in [1.29, 1.82) is 0 Å². The van der Waals surface area contributed by atoms with Crippen molar-refractivity contribution in [3.05, 3.63) is 35.4 Å². The summed E-state index contributed by atoms with van der Waals surface area (Å²) in [5, 5.41) is -7.77. The van der Waals surface area contributed by atoms with Crippen molar-refractivity contribution < 1.29 is 91.5 Å². The fourth-order valence-corrected chi connectivity index (χ4v) is 6.90. The molecule has 0 bridgehead atoms. The van der Waals surface area contributed by atoms with E-state index in [2.05, 4.69) is 3.63 Å². The maximum atomic E-state index is 14.3. The molecule has 0 unspecified atom stereocenters. The van der Waals surface area contributed by atoms with Crippen molar-refractivity contribution in [2.45, 2.75) is 59.6 Å². The summed E-state index contributed by atoms with van der Waals surface area (Å²) in [6.07, 6.45) is -6.81. The molecule has 0 aliphatic heterocycles. The third-order valence-corrected chi connectivity index (χ3v) is 9.26. The summed E-state index contributed by atoms with van der Waals surface area (Å²) in [5.41, 5.74) is -0.458. The summed E-state index contributed by atoms with van der Waals surface area (Å²) in [4.78, 5) is 11.7. The number of carbonyl (C=O) groups excluding carboxylic acids is 1. The molecule has 0 heterocycles. The second kappa shape index (κ2) is 10.5. The lowest BCUT2D eigenvalue weighted by atomic mass is 9.91. The van der Waals surface area contributed by atoms with E-state index >= 15 is 0 Å². The van der Waals surface area contributed by atoms with Gasteiger partial charge < -0.3 is 0 Å². The van der Waals surface area contributed by atoms with Gasteiger partial charge in [-0.2, -0.15) is 83.1 Å². The third-order valence-electron chi connectivity index (χ3n) is 5.18. The molecular weight excluding hydrogens is 679 g/mol. The summed E-state index contributed by atoms with van der Waals surface area (Å²) in [6, 6.07) is 4.55. The van der Waals surface area contributed by atoms with Gasteiger partial charge in [0.05, 0.1) is 0 Å². The fraction of sp³-hybridized carbons (Fsp3) is 0.632. The number of benzene rings is 1. The highest BCUT2D eigenvalue weighted by Gasteiger charge is 2.96. The summed E-state index contributed by atoms with van der Waals surface area (Å²) in [5.74, 6) is -53.8. The van der Waals surface area contributed by atoms with Crippen LogP contribution in [0.1, 0.15) is 22.8 Å². The van der Waals surface area contributed by atoms with Crippen LogP contribution in [0.3, 0.4) is 0 Å². The number of hydrogen-bond acceptors (Lipinski definition) is 4. The Morgan fingerprint density at radius 1 is 0.643 bits per heavy atom. The quantitative estimate of drug-likeness (QED) is 0.167. The lowest BCUT2D eigenvalue weighted by Gasteiger charge is -2.42. The van der Waals surface area contributed by atoms with Crippen LogP contribution in [0.4, 0.5) is 74.6 Å². The van der Waals surface area contributed by atoms with Gasteiger partial charge in [-0.05, 0) is 25.0 Å². The minimum Gasteiger partial charge on any atom is -0.295 e. The Hall–Kier alpha value is -2.04. The molecule has 42 heavy (non-hydrogen) atoms. The van der Waals surface area contributed by atoms with Crippen LogP contribution in [-0.2, 0) is 19.5 Å². The Bertz CT molecular complexity index is 1290. The van der Waals surface area contributed by atoms with E-state index in [1.165, 1.54) is 12.1 Å². The topological polar surface area (TPSA) is 60.4 Å². The van der Waals surface area contributed by atoms with Crippen LogP contribution in [0, 0.1) is 0 Å². The molecule has 0 saturated carbocycles. The summed E-state index contributed by atoms with van der Waals surface area (Å²) in [6.45, 7) is 0.944. The van der Waals surface area contributed by atoms with E-state index in [1.807, 2.05) is 0 Å². The first-order valence-electron chi connectivity index (χ1n) is 10.1. The van der Waals surface area contributed by atoms with Crippen LogP contribution in [0.25, 0.3) is 0 Å². The van der Waals surface area contributed by atoms with E-state index in [4.69, 9.17) is 0 Å². The predicted octanol–water partition coefficient (Wildman–Crippen LogP) is 7.68. The number of alkyl halides is 17. The van der Waals surface area contributed by atoms with Crippen LogP contribution in [0.2, 0.25) is 0 Å². The minimum absolute atomic E-state index is 0.223. The van der Waals surface area contributed by atoms with Gasteiger partial charge >= 0.3 is 57.1 Å². The second-order valence-electron chi connectivity index (χ2n) is 8.78. The highest BCUT2D eigenvalue weighted by molar-refractivity contribution is 8.31. The van der Waals surface area contributed by atoms with E-state index in [0.717, 1.165) is 19.1 Å². The van der Waals surface area contributed by atoms with Gasteiger partial charge in [-0.15, -0.1) is 10.3 Å². The van der Waals surface area contributed by atoms with Crippen molar-refractivity contribution in [2.75, 3.05) is 12.5 Å². The van der Waals surface area contributed by atoms with E-state index in [9.17, 15) is 87.8 Å². The first-order valence-corrected chi connectivity index (χ1v) is 14.0. The smallest absolute Gasteiger partial charge is 0.295 e. The highest BCUT2D eigenvalue weighted by atomic mass is 32.3. The molecule has 0 amide bonds. The molecule has 246 valence electrons. The molecular formula is C19H15F17O4S2. The van der Waals surface area contributed by atoms with Crippen LogP contribution < -0.4 is 0 Å². The van der Waals surface area contributed by atoms with Crippen LogP contribution in [0.5, 0.6) is 0 Å². The van der Waals surface area contributed by atoms with Gasteiger partial charge in [-0.25, -0.2) is 3.63 Å². The summed E-state index contributed by atoms with van der Waals surface area (Å²) >= 11 is 0. The van der Waals surface area contributed by atoms with Crippen LogP contribution >= 0.6 is 10.3 Å². The Morgan fingerprint density at radius 2 is 1.00 bits per heavy atom. The normalized spacial score (nSPS) is 16.0. The van der Waals surface area contributed by atoms with Crippen LogP contribution in [-0.4, -0.2) is 73.7 Å². The molecule has 0 aromatic heterocycles. The van der Waals surface area contributed by atoms with E-state index in [-0.39, 0.29) is 11.1 Å². The molecule has 0 atom stereocenters. The number of halogens is 17. The van der Waals surface area contributed by atoms with E-state index < -0.39 is 78.9 Å². The summed E-state index contributed by atoms with van der Waals surface area (Å²) < 4.78 is 256. The SMILES string of the molecule is CC(=O)c1ccccc1CS(C)(C)OS(=O)(=O)C(F)(F)C(F)(F)C(F)(F)C(F)(F)C(F)(F)C(F)(F)C(F)(F)C(F)(F)F. The molecule has 1 aromatic carbocycles. The van der Waals surface area contributed by atoms with Crippen molar-refractivity contribution in [1.82, 2.24) is 0 Å². The first kappa shape index (κ1) is 38.0. The van der Waals surface area contributed by atoms with E-state index in [1.54, 1.807) is 0 Å². The minimum atomic E-state index is -8.93. The zero-order chi connectivity index (χ0) is 34.0. The zero-order valence-corrected chi connectivity index (χ0v) is 22.0. The average molecular weight is 694 g/mol. The van der Waals surface area contributed by atoms with Crippen molar-refractivity contribution in [3.63, 3.8) is 0 Å². The number of ketones is 1. The molecule has 1 aromatic rings. The predicted molar refractivity (Wildman–Crippen MR) is 110 cm³/mol. The fourth-order valence-electron chi connectivity index (χ4n) is 2.98. The molecule has 0 N–H and O–H groups in total. The molecule has 0 aliphatic rings. The second-order valence-corrected chi connectivity index (χ2v) is 13.9. The number of hydrogen-bond donors (Lipinski definition) is 0. The third kappa shape index (κ3) is 5.63. The monoisotopic (exact) mass is 694 g/mol. The lowest BCUT2D eigenvalue weighted by molar-refractivity contribution is -0.458. The van der Waals surface area contributed by atoms with Gasteiger partial charge in [-0.1, -0.05) is 24.3 Å². The van der Waals surface area contributed by atoms with Crippen LogP contribution in [0.15, 0.2) is 24.3 Å². The molecule has 0 fully saturated rings. The maximum Gasteiger partial charge on any atom is 0.460 e. The largest absolute Gasteiger partial charge is 0.460 e. The lowest BCUT2D eigenvalue weighted by Crippen LogP contribution is -2.75. The Kier molecular flexibility index (Phi) is 9.54. The molecule has 0 radical (unpaired) electrons. The Labute approximate surface area is 225 Å². The number of rotatable bonds is 12. The Morgan fingerprint density at radius 3 is 1.38 bits per heavy atom. The average Bonchev–Trinajstić information content (AvgIpc) is 2.76. The van der Waals surface area contributed by atoms with Gasteiger partial charge in [0.1, 0.15) is 0 Å². The van der Waals surface area contributed by atoms with Gasteiger partial charge in [0.2, 0.25) is 0 Å². The molecule has 4 nitrogen and oxygen atoms in total. The van der Waals surface area contributed by atoms with Crippen molar-refractivity contribution in [3.8, 4) is 0 Å². The number of Topliss-reactive ketones (excluding diaryl/α,β-unsaturated/α-hetero) is 1. The van der Waals surface area contributed by atoms with Gasteiger partial charge in [0, 0.05) is 11.3 Å². The number of carbonyl (C=O) groups is 1. The van der Waals surface area contributed by atoms with Gasteiger partial charge in [-0.3, -0.25) is 4.79 Å². The van der Waals surface area contributed by atoms with Gasteiger partial charge in [0.25, 0.3) is 0 Å². The maximum absolute atomic E-state index is 14.3. The van der Waals surface area contributed by atoms with E-state index in [0.29, 0.717) is 12.5 Å². The van der Waals surface area contributed by atoms with Crippen molar-refractivity contribution >= 4 is 26.2 Å². The van der Waals surface area contributed by atoms with Crippen molar-refractivity contribution in [2.24, 2.45) is 0 Å². The zero-order valence-electron chi connectivity index (χ0n) is 20.4. The molecule has 1 rings (SSSR count). The highest BCUT2D eigenvalue weighted by Crippen LogP contribution is 2.65. The first-order chi connectivity index (χ1) is 18.1. The molecule has 0 spiro atoms.